The van der Waals surface area contributed by atoms with Gasteiger partial charge in [0, 0.05) is 18.4 Å². The Hall–Kier alpha value is -1.64. The van der Waals surface area contributed by atoms with E-state index >= 15 is 0 Å². The zero-order valence-corrected chi connectivity index (χ0v) is 12.0. The Morgan fingerprint density at radius 2 is 1.25 bits per heavy atom. The quantitative estimate of drug-likeness (QED) is 0.479. The second-order valence-electron chi connectivity index (χ2n) is 5.16. The van der Waals surface area contributed by atoms with Gasteiger partial charge in [-0.2, -0.15) is 0 Å². The fourth-order valence-electron chi connectivity index (χ4n) is 2.21. The van der Waals surface area contributed by atoms with Gasteiger partial charge in [-0.25, -0.2) is 0 Å². The third-order valence-corrected chi connectivity index (χ3v) is 3.39. The van der Waals surface area contributed by atoms with Crippen molar-refractivity contribution in [1.82, 2.24) is 0 Å². The summed E-state index contributed by atoms with van der Waals surface area (Å²) in [5.74, 6) is -0.475. The van der Waals surface area contributed by atoms with Crippen LogP contribution in [0.2, 0.25) is 0 Å². The lowest BCUT2D eigenvalue weighted by atomic mass is 10.0. The maximum atomic E-state index is 11.8. The molecular weight excluding hydrogens is 252 g/mol. The molecule has 0 amide bonds. The number of carbonyl (C=O) groups excluding carboxylic acids is 1. The van der Waals surface area contributed by atoms with Gasteiger partial charge in [-0.05, 0) is 12.8 Å². The largest absolute Gasteiger partial charge is 0.481 e. The van der Waals surface area contributed by atoms with E-state index in [-0.39, 0.29) is 12.2 Å². The fourth-order valence-corrected chi connectivity index (χ4v) is 2.21. The zero-order chi connectivity index (χ0) is 14.6. The Labute approximate surface area is 121 Å². The highest BCUT2D eigenvalue weighted by Gasteiger charge is 2.04. The molecule has 20 heavy (non-hydrogen) atoms. The molecule has 0 aromatic heterocycles. The number of Topliss-reactive ketones (excluding diaryl/α,β-unsaturated/α-hetero) is 1. The standard InChI is InChI=1S/C17H24O3/c18-16(15-11-7-6-8-12-15)13-9-4-2-1-3-5-10-14-17(19)20/h6-8,11-12H,1-5,9-10,13-14H2,(H,19,20). The maximum Gasteiger partial charge on any atom is 0.303 e. The Bertz CT molecular complexity index is 398. The van der Waals surface area contributed by atoms with E-state index in [9.17, 15) is 9.59 Å². The minimum atomic E-state index is -0.704. The van der Waals surface area contributed by atoms with E-state index in [1.54, 1.807) is 0 Å². The van der Waals surface area contributed by atoms with Gasteiger partial charge < -0.3 is 5.11 Å². The molecule has 1 aromatic rings. The summed E-state index contributed by atoms with van der Waals surface area (Å²) in [6.45, 7) is 0. The van der Waals surface area contributed by atoms with Crippen LogP contribution in [-0.2, 0) is 4.79 Å². The van der Waals surface area contributed by atoms with Gasteiger partial charge in [-0.1, -0.05) is 62.4 Å². The van der Waals surface area contributed by atoms with Crippen molar-refractivity contribution in [3.05, 3.63) is 35.9 Å². The van der Waals surface area contributed by atoms with Crippen molar-refractivity contribution in [2.45, 2.75) is 57.8 Å². The molecule has 1 N–H and O–H groups in total. The van der Waals surface area contributed by atoms with Gasteiger partial charge in [0.25, 0.3) is 0 Å². The molecule has 3 heteroatoms. The molecule has 0 heterocycles. The number of rotatable bonds is 11. The van der Waals surface area contributed by atoms with Crippen LogP contribution >= 0.6 is 0 Å². The highest BCUT2D eigenvalue weighted by atomic mass is 16.4. The lowest BCUT2D eigenvalue weighted by Crippen LogP contribution is -1.98. The van der Waals surface area contributed by atoms with Crippen molar-refractivity contribution in [2.24, 2.45) is 0 Å². The lowest BCUT2D eigenvalue weighted by molar-refractivity contribution is -0.137. The summed E-state index contributed by atoms with van der Waals surface area (Å²) in [6.07, 6.45) is 8.08. The Balaban J connectivity index is 1.95. The minimum Gasteiger partial charge on any atom is -0.481 e. The van der Waals surface area contributed by atoms with Crippen molar-refractivity contribution in [1.29, 1.82) is 0 Å². The number of unbranched alkanes of at least 4 members (excludes halogenated alkanes) is 6. The van der Waals surface area contributed by atoms with E-state index in [2.05, 4.69) is 0 Å². The summed E-state index contributed by atoms with van der Waals surface area (Å²) in [4.78, 5) is 22.1. The highest BCUT2D eigenvalue weighted by Crippen LogP contribution is 2.12. The summed E-state index contributed by atoms with van der Waals surface area (Å²) < 4.78 is 0. The molecule has 0 saturated carbocycles. The minimum absolute atomic E-state index is 0.229. The van der Waals surface area contributed by atoms with Gasteiger partial charge in [-0.3, -0.25) is 9.59 Å². The molecule has 1 aromatic carbocycles. The maximum absolute atomic E-state index is 11.8. The monoisotopic (exact) mass is 276 g/mol. The smallest absolute Gasteiger partial charge is 0.303 e. The van der Waals surface area contributed by atoms with E-state index in [4.69, 9.17) is 5.11 Å². The van der Waals surface area contributed by atoms with Crippen molar-refractivity contribution in [3.63, 3.8) is 0 Å². The van der Waals surface area contributed by atoms with Gasteiger partial charge in [-0.15, -0.1) is 0 Å². The number of hydrogen-bond acceptors (Lipinski definition) is 2. The predicted octanol–water partition coefficient (Wildman–Crippen LogP) is 4.46. The first-order chi connectivity index (χ1) is 9.70. The van der Waals surface area contributed by atoms with Gasteiger partial charge in [0.15, 0.2) is 5.78 Å². The van der Waals surface area contributed by atoms with Gasteiger partial charge >= 0.3 is 5.97 Å². The lowest BCUT2D eigenvalue weighted by Gasteiger charge is -2.02. The Morgan fingerprint density at radius 3 is 1.80 bits per heavy atom. The molecule has 3 nitrogen and oxygen atoms in total. The number of benzene rings is 1. The number of carboxylic acids is 1. The van der Waals surface area contributed by atoms with E-state index in [1.165, 1.54) is 0 Å². The predicted molar refractivity (Wildman–Crippen MR) is 80.0 cm³/mol. The second kappa shape index (κ2) is 10.2. The number of aliphatic carboxylic acids is 1. The van der Waals surface area contributed by atoms with Crippen LogP contribution in [0.15, 0.2) is 30.3 Å². The molecule has 110 valence electrons. The van der Waals surface area contributed by atoms with Gasteiger partial charge in [0.2, 0.25) is 0 Å². The normalized spacial score (nSPS) is 10.4. The molecule has 0 atom stereocenters. The summed E-state index contributed by atoms with van der Waals surface area (Å²) in [7, 11) is 0. The SMILES string of the molecule is O=C(O)CCCCCCCCCC(=O)c1ccccc1. The van der Waals surface area contributed by atoms with Crippen LogP contribution < -0.4 is 0 Å². The Morgan fingerprint density at radius 1 is 0.750 bits per heavy atom. The van der Waals surface area contributed by atoms with Crippen molar-refractivity contribution >= 4 is 11.8 Å². The Kier molecular flexibility index (Phi) is 8.36. The molecule has 0 saturated heterocycles. The molecular formula is C17H24O3. The molecule has 1 rings (SSSR count). The number of carboxylic acid groups (broad SMARTS) is 1. The van der Waals surface area contributed by atoms with Crippen molar-refractivity contribution < 1.29 is 14.7 Å². The molecule has 0 bridgehead atoms. The van der Waals surface area contributed by atoms with Crippen LogP contribution in [0.1, 0.15) is 68.1 Å². The van der Waals surface area contributed by atoms with Crippen LogP contribution in [-0.4, -0.2) is 16.9 Å². The summed E-state index contributed by atoms with van der Waals surface area (Å²) in [5.41, 5.74) is 0.807. The first kappa shape index (κ1) is 16.4. The van der Waals surface area contributed by atoms with E-state index in [0.29, 0.717) is 6.42 Å². The molecule has 0 aliphatic rings. The second-order valence-corrected chi connectivity index (χ2v) is 5.16. The van der Waals surface area contributed by atoms with Crippen LogP contribution in [0.3, 0.4) is 0 Å². The van der Waals surface area contributed by atoms with Crippen LogP contribution in [0, 0.1) is 0 Å². The summed E-state index contributed by atoms with van der Waals surface area (Å²) in [5, 5.41) is 8.50. The highest BCUT2D eigenvalue weighted by molar-refractivity contribution is 5.95. The van der Waals surface area contributed by atoms with Crippen molar-refractivity contribution in [2.75, 3.05) is 0 Å². The first-order valence-corrected chi connectivity index (χ1v) is 7.50. The van der Waals surface area contributed by atoms with Crippen LogP contribution in [0.25, 0.3) is 0 Å². The van der Waals surface area contributed by atoms with Crippen LogP contribution in [0.4, 0.5) is 0 Å². The molecule has 0 unspecified atom stereocenters. The third-order valence-electron chi connectivity index (χ3n) is 3.39. The molecule has 0 spiro atoms. The zero-order valence-electron chi connectivity index (χ0n) is 12.0. The average Bonchev–Trinajstić information content (AvgIpc) is 2.46. The number of hydrogen-bond donors (Lipinski definition) is 1. The topological polar surface area (TPSA) is 54.4 Å². The summed E-state index contributed by atoms with van der Waals surface area (Å²) in [6, 6.07) is 9.44. The van der Waals surface area contributed by atoms with Crippen molar-refractivity contribution in [3.8, 4) is 0 Å². The first-order valence-electron chi connectivity index (χ1n) is 7.50. The molecule has 0 fully saturated rings. The van der Waals surface area contributed by atoms with E-state index in [1.807, 2.05) is 30.3 Å². The molecule has 0 radical (unpaired) electrons. The summed E-state index contributed by atoms with van der Waals surface area (Å²) >= 11 is 0. The van der Waals surface area contributed by atoms with Crippen LogP contribution in [0.5, 0.6) is 0 Å². The number of carbonyl (C=O) groups is 2. The average molecular weight is 276 g/mol. The number of ketones is 1. The molecule has 0 aliphatic heterocycles. The van der Waals surface area contributed by atoms with E-state index in [0.717, 1.165) is 50.5 Å². The van der Waals surface area contributed by atoms with Gasteiger partial charge in [0.1, 0.15) is 0 Å². The van der Waals surface area contributed by atoms with E-state index < -0.39 is 5.97 Å². The van der Waals surface area contributed by atoms with Gasteiger partial charge in [0.05, 0.1) is 0 Å². The third kappa shape index (κ3) is 7.72. The molecule has 0 aliphatic carbocycles. The fraction of sp³-hybridized carbons (Fsp3) is 0.529.